The lowest BCUT2D eigenvalue weighted by Crippen LogP contribution is -2.33. The summed E-state index contributed by atoms with van der Waals surface area (Å²) in [5.41, 5.74) is 2.47. The van der Waals surface area contributed by atoms with Gasteiger partial charge in [0.15, 0.2) is 17.9 Å². The summed E-state index contributed by atoms with van der Waals surface area (Å²) in [5.74, 6) is -1.10. The van der Waals surface area contributed by atoms with E-state index in [0.717, 1.165) is 5.56 Å². The summed E-state index contributed by atoms with van der Waals surface area (Å²) in [6.07, 6.45) is 0.964. The Bertz CT molecular complexity index is 1430. The molecule has 9 heteroatoms. The number of aromatic hydroxyl groups is 1. The quantitative estimate of drug-likeness (QED) is 0.197. The second-order valence-electron chi connectivity index (χ2n) is 8.55. The van der Waals surface area contributed by atoms with Gasteiger partial charge in [-0.05, 0) is 24.6 Å². The monoisotopic (exact) mass is 499 g/mol. The van der Waals surface area contributed by atoms with Crippen LogP contribution in [-0.4, -0.2) is 49.1 Å². The number of hydrogen-bond donors (Lipinski definition) is 1. The van der Waals surface area contributed by atoms with Crippen molar-refractivity contribution in [3.63, 3.8) is 0 Å². The van der Waals surface area contributed by atoms with Crippen molar-refractivity contribution < 1.29 is 29.0 Å². The lowest BCUT2D eigenvalue weighted by Gasteiger charge is -2.30. The predicted molar refractivity (Wildman–Crippen MR) is 137 cm³/mol. The number of phenols is 1. The highest BCUT2D eigenvalue weighted by molar-refractivity contribution is 6.16. The number of esters is 1. The molecule has 0 amide bonds. The lowest BCUT2D eigenvalue weighted by atomic mass is 9.94. The molecule has 9 nitrogen and oxygen atoms in total. The van der Waals surface area contributed by atoms with Crippen molar-refractivity contribution in [1.29, 1.82) is 0 Å². The molecule has 0 saturated heterocycles. The zero-order chi connectivity index (χ0) is 26.5. The van der Waals surface area contributed by atoms with Crippen LogP contribution in [0.4, 0.5) is 17.1 Å². The minimum Gasteiger partial charge on any atom is -0.506 e. The Morgan fingerprint density at radius 1 is 1.08 bits per heavy atom. The number of carbonyl (C=O) groups excluding carboxylic acids is 4. The van der Waals surface area contributed by atoms with Crippen molar-refractivity contribution in [3.05, 3.63) is 82.4 Å². The fraction of sp³-hybridized carbons (Fsp3) is 0.214. The highest BCUT2D eigenvalue weighted by Gasteiger charge is 2.26. The molecule has 188 valence electrons. The smallest absolute Gasteiger partial charge is 0.307 e. The van der Waals surface area contributed by atoms with E-state index in [-0.39, 0.29) is 58.6 Å². The van der Waals surface area contributed by atoms with Crippen LogP contribution < -0.4 is 4.90 Å². The summed E-state index contributed by atoms with van der Waals surface area (Å²) in [5, 5.41) is 19.0. The van der Waals surface area contributed by atoms with Crippen molar-refractivity contribution in [1.82, 2.24) is 0 Å². The predicted octanol–water partition coefficient (Wildman–Crippen LogP) is 5.12. The number of hydrogen-bond acceptors (Lipinski definition) is 9. The van der Waals surface area contributed by atoms with Gasteiger partial charge in [0.1, 0.15) is 11.4 Å². The molecule has 1 N–H and O–H groups in total. The molecule has 37 heavy (non-hydrogen) atoms. The molecule has 0 unspecified atom stereocenters. The van der Waals surface area contributed by atoms with Gasteiger partial charge in [0.25, 0.3) is 0 Å². The first-order valence-corrected chi connectivity index (χ1v) is 11.7. The van der Waals surface area contributed by atoms with E-state index in [4.69, 9.17) is 0 Å². The first-order valence-electron chi connectivity index (χ1n) is 11.7. The van der Waals surface area contributed by atoms with Crippen molar-refractivity contribution >= 4 is 40.9 Å². The van der Waals surface area contributed by atoms with Gasteiger partial charge >= 0.3 is 5.97 Å². The number of ether oxygens (including phenoxy) is 1. The number of Topliss-reactive ketones (excluding diaryl/α,β-unsaturated/α-hetero) is 1. The van der Waals surface area contributed by atoms with Crippen molar-refractivity contribution in [2.75, 3.05) is 25.1 Å². The van der Waals surface area contributed by atoms with Gasteiger partial charge in [-0.3, -0.25) is 19.2 Å². The number of rotatable bonds is 8. The van der Waals surface area contributed by atoms with Gasteiger partial charge < -0.3 is 14.7 Å². The Morgan fingerprint density at radius 2 is 1.84 bits per heavy atom. The topological polar surface area (TPSA) is 126 Å². The minimum absolute atomic E-state index is 0.0349. The number of aryl methyl sites for hydroxylation is 1. The van der Waals surface area contributed by atoms with Gasteiger partial charge in [-0.25, -0.2) is 0 Å². The Hall–Kier alpha value is -4.66. The van der Waals surface area contributed by atoms with Crippen LogP contribution in [0.25, 0.3) is 0 Å². The molecular formula is C28H25N3O6. The van der Waals surface area contributed by atoms with E-state index in [1.54, 1.807) is 37.3 Å². The van der Waals surface area contributed by atoms with Gasteiger partial charge in [0.2, 0.25) is 0 Å². The maximum Gasteiger partial charge on any atom is 0.307 e. The summed E-state index contributed by atoms with van der Waals surface area (Å²) < 4.78 is 4.69. The van der Waals surface area contributed by atoms with Crippen molar-refractivity contribution in [2.24, 2.45) is 10.2 Å². The summed E-state index contributed by atoms with van der Waals surface area (Å²) in [6, 6.07) is 14.5. The Kier molecular flexibility index (Phi) is 7.52. The number of fused-ring (bicyclic) bond motifs is 1. The number of carbonyl (C=O) groups is 4. The minimum atomic E-state index is -0.374. The molecular weight excluding hydrogens is 474 g/mol. The third-order valence-electron chi connectivity index (χ3n) is 6.24. The molecule has 1 aliphatic heterocycles. The third kappa shape index (κ3) is 5.30. The molecule has 0 bridgehead atoms. The highest BCUT2D eigenvalue weighted by atomic mass is 16.5. The van der Waals surface area contributed by atoms with E-state index in [0.29, 0.717) is 36.2 Å². The maximum atomic E-state index is 13.4. The van der Waals surface area contributed by atoms with Crippen LogP contribution >= 0.6 is 0 Å². The van der Waals surface area contributed by atoms with E-state index >= 15 is 0 Å². The molecule has 3 aromatic rings. The van der Waals surface area contributed by atoms with Crippen molar-refractivity contribution in [3.8, 4) is 5.75 Å². The first-order chi connectivity index (χ1) is 17.8. The number of ketones is 2. The van der Waals surface area contributed by atoms with Crippen LogP contribution in [-0.2, 0) is 9.53 Å². The van der Waals surface area contributed by atoms with Crippen LogP contribution in [0.1, 0.15) is 55.0 Å². The second-order valence-corrected chi connectivity index (χ2v) is 8.55. The molecule has 1 heterocycles. The fourth-order valence-electron chi connectivity index (χ4n) is 4.24. The molecule has 1 aliphatic rings. The molecule has 0 saturated carbocycles. The van der Waals surface area contributed by atoms with E-state index in [2.05, 4.69) is 15.0 Å². The average Bonchev–Trinajstić information content (AvgIpc) is 2.91. The molecule has 0 fully saturated rings. The largest absolute Gasteiger partial charge is 0.506 e. The Labute approximate surface area is 213 Å². The zero-order valence-electron chi connectivity index (χ0n) is 20.4. The third-order valence-corrected chi connectivity index (χ3v) is 6.24. The molecule has 0 aliphatic carbocycles. The van der Waals surface area contributed by atoms with Gasteiger partial charge in [-0.2, -0.15) is 0 Å². The van der Waals surface area contributed by atoms with Crippen LogP contribution in [0.2, 0.25) is 0 Å². The number of azo groups is 1. The van der Waals surface area contributed by atoms with Gasteiger partial charge in [-0.15, -0.1) is 10.2 Å². The fourth-order valence-corrected chi connectivity index (χ4v) is 4.24. The number of aldehydes is 1. The number of phenolic OH excluding ortho intramolecular Hbond substituents is 1. The van der Waals surface area contributed by atoms with Crippen LogP contribution in [0.3, 0.4) is 0 Å². The molecule has 0 aromatic heterocycles. The molecule has 3 aromatic carbocycles. The molecule has 4 rings (SSSR count). The second kappa shape index (κ2) is 10.9. The summed E-state index contributed by atoms with van der Waals surface area (Å²) in [4.78, 5) is 51.1. The zero-order valence-corrected chi connectivity index (χ0v) is 20.4. The summed E-state index contributed by atoms with van der Waals surface area (Å²) in [7, 11) is 1.31. The highest BCUT2D eigenvalue weighted by Crippen LogP contribution is 2.39. The standard InChI is InChI=1S/C28H25N3O6/c1-17-6-3-4-8-19(17)28(36)27-18(16-32)7-5-9-21(27)29-30-22-14-20-23(15-25(22)34)31(12-10-24(20)33)13-11-26(35)37-2/h3-9,14-16,34H,10-13H2,1-2H3. The van der Waals surface area contributed by atoms with Crippen LogP contribution in [0, 0.1) is 6.92 Å². The summed E-state index contributed by atoms with van der Waals surface area (Å²) >= 11 is 0. The lowest BCUT2D eigenvalue weighted by molar-refractivity contribution is -0.140. The number of nitrogens with zero attached hydrogens (tertiary/aromatic N) is 3. The molecule has 0 radical (unpaired) electrons. The first kappa shape index (κ1) is 25.4. The number of benzene rings is 3. The van der Waals surface area contributed by atoms with Gasteiger partial charge in [0, 0.05) is 42.3 Å². The van der Waals surface area contributed by atoms with Crippen LogP contribution in [0.5, 0.6) is 5.75 Å². The van der Waals surface area contributed by atoms with E-state index in [1.807, 2.05) is 11.0 Å². The molecule has 0 spiro atoms. The van der Waals surface area contributed by atoms with E-state index in [1.165, 1.54) is 25.3 Å². The average molecular weight is 500 g/mol. The molecule has 0 atom stereocenters. The van der Waals surface area contributed by atoms with Gasteiger partial charge in [0.05, 0.1) is 30.5 Å². The number of anilines is 1. The maximum absolute atomic E-state index is 13.4. The Balaban J connectivity index is 1.71. The van der Waals surface area contributed by atoms with Gasteiger partial charge in [-0.1, -0.05) is 36.4 Å². The number of methoxy groups -OCH3 is 1. The normalized spacial score (nSPS) is 12.9. The summed E-state index contributed by atoms with van der Waals surface area (Å²) in [6.45, 7) is 2.54. The van der Waals surface area contributed by atoms with Crippen LogP contribution in [0.15, 0.2) is 64.8 Å². The SMILES string of the molecule is COC(=O)CCN1CCC(=O)c2cc(N=Nc3cccc(C=O)c3C(=O)c3ccccc3C)c(O)cc21. The Morgan fingerprint density at radius 3 is 2.57 bits per heavy atom. The van der Waals surface area contributed by atoms with Crippen molar-refractivity contribution in [2.45, 2.75) is 19.8 Å². The van der Waals surface area contributed by atoms with E-state index < -0.39 is 0 Å². The van der Waals surface area contributed by atoms with E-state index in [9.17, 15) is 24.3 Å².